The number of benzene rings is 1. The molecule has 0 saturated heterocycles. The van der Waals surface area contributed by atoms with Gasteiger partial charge in [-0.05, 0) is 30.5 Å². The number of hydrogen-bond acceptors (Lipinski definition) is 0. The first-order chi connectivity index (χ1) is 5.75. The van der Waals surface area contributed by atoms with E-state index in [0.29, 0.717) is 0 Å². The molecule has 0 heterocycles. The second kappa shape index (κ2) is 3.91. The topological polar surface area (TPSA) is 0 Å². The summed E-state index contributed by atoms with van der Waals surface area (Å²) in [6, 6.07) is 8.28. The molecule has 0 heteroatoms. The van der Waals surface area contributed by atoms with Crippen LogP contribution in [-0.4, -0.2) is 0 Å². The van der Waals surface area contributed by atoms with Crippen LogP contribution in [0.4, 0.5) is 0 Å². The number of allylic oxidation sites excluding steroid dienone is 3. The Bertz CT molecular complexity index is 306. The number of aryl methyl sites for hydroxylation is 1. The highest BCUT2D eigenvalue weighted by Gasteiger charge is 1.96. The second-order valence-electron chi connectivity index (χ2n) is 2.84. The summed E-state index contributed by atoms with van der Waals surface area (Å²) in [6.07, 6.45) is 4.04. The molecule has 0 fully saturated rings. The third kappa shape index (κ3) is 1.85. The molecule has 0 N–H and O–H groups in total. The van der Waals surface area contributed by atoms with Gasteiger partial charge in [0.15, 0.2) is 0 Å². The third-order valence-corrected chi connectivity index (χ3v) is 1.86. The van der Waals surface area contributed by atoms with E-state index in [2.05, 4.69) is 25.6 Å². The van der Waals surface area contributed by atoms with Gasteiger partial charge in [0.25, 0.3) is 0 Å². The zero-order valence-corrected chi connectivity index (χ0v) is 7.67. The van der Waals surface area contributed by atoms with E-state index in [-0.39, 0.29) is 0 Å². The van der Waals surface area contributed by atoms with Crippen molar-refractivity contribution >= 4 is 5.57 Å². The van der Waals surface area contributed by atoms with E-state index in [0.717, 1.165) is 5.57 Å². The molecule has 0 bridgehead atoms. The van der Waals surface area contributed by atoms with Crippen molar-refractivity contribution in [1.82, 2.24) is 0 Å². The highest BCUT2D eigenvalue weighted by Crippen LogP contribution is 2.17. The Balaban J connectivity index is 3.03. The first-order valence-electron chi connectivity index (χ1n) is 4.13. The van der Waals surface area contributed by atoms with Gasteiger partial charge in [0.1, 0.15) is 0 Å². The Hall–Kier alpha value is -1.30. The fourth-order valence-corrected chi connectivity index (χ4v) is 1.22. The molecule has 1 aromatic carbocycles. The summed E-state index contributed by atoms with van der Waals surface area (Å²) in [4.78, 5) is 0. The number of rotatable bonds is 2. The summed E-state index contributed by atoms with van der Waals surface area (Å²) < 4.78 is 0. The zero-order valence-electron chi connectivity index (χ0n) is 7.67. The van der Waals surface area contributed by atoms with Crippen LogP contribution in [-0.2, 0) is 0 Å². The molecule has 0 aliphatic rings. The predicted molar refractivity (Wildman–Crippen MR) is 55.0 cm³/mol. The maximum Gasteiger partial charge on any atom is -0.0161 e. The van der Waals surface area contributed by atoms with Crippen molar-refractivity contribution in [2.45, 2.75) is 13.8 Å². The fourth-order valence-electron chi connectivity index (χ4n) is 1.22. The minimum absolute atomic E-state index is 1.08. The predicted octanol–water partition coefficient (Wildman–Crippen LogP) is 3.58. The lowest BCUT2D eigenvalue weighted by Crippen LogP contribution is -1.83. The van der Waals surface area contributed by atoms with Gasteiger partial charge in [0, 0.05) is 0 Å². The first-order valence-corrected chi connectivity index (χ1v) is 4.13. The molecule has 1 rings (SSSR count). The van der Waals surface area contributed by atoms with Crippen LogP contribution < -0.4 is 0 Å². The SMILES string of the molecule is C=C(/C=C\C)c1ccccc1C. The maximum atomic E-state index is 3.99. The van der Waals surface area contributed by atoms with E-state index in [1.165, 1.54) is 11.1 Å². The quantitative estimate of drug-likeness (QED) is 0.577. The largest absolute Gasteiger partial charge is 0.0912 e. The molecule has 0 aromatic heterocycles. The molecule has 0 spiro atoms. The van der Waals surface area contributed by atoms with Crippen LogP contribution in [0.2, 0.25) is 0 Å². The van der Waals surface area contributed by atoms with Crippen LogP contribution in [0, 0.1) is 6.92 Å². The molecule has 62 valence electrons. The lowest BCUT2D eigenvalue weighted by molar-refractivity contribution is 1.43. The molecule has 0 aliphatic heterocycles. The van der Waals surface area contributed by atoms with E-state index in [1.54, 1.807) is 0 Å². The van der Waals surface area contributed by atoms with Crippen molar-refractivity contribution in [3.05, 3.63) is 54.1 Å². The lowest BCUT2D eigenvalue weighted by Gasteiger charge is -2.03. The van der Waals surface area contributed by atoms with Gasteiger partial charge in [0.2, 0.25) is 0 Å². The van der Waals surface area contributed by atoms with Crippen molar-refractivity contribution in [2.24, 2.45) is 0 Å². The summed E-state index contributed by atoms with van der Waals surface area (Å²) >= 11 is 0. The Morgan fingerprint density at radius 2 is 2.00 bits per heavy atom. The second-order valence-corrected chi connectivity index (χ2v) is 2.84. The average Bonchev–Trinajstić information content (AvgIpc) is 2.05. The van der Waals surface area contributed by atoms with Crippen LogP contribution in [0.25, 0.3) is 5.57 Å². The minimum atomic E-state index is 1.08. The zero-order chi connectivity index (χ0) is 8.97. The Morgan fingerprint density at radius 1 is 1.33 bits per heavy atom. The summed E-state index contributed by atoms with van der Waals surface area (Å²) in [5.74, 6) is 0. The van der Waals surface area contributed by atoms with Crippen LogP contribution >= 0.6 is 0 Å². The minimum Gasteiger partial charge on any atom is -0.0912 e. The fraction of sp³-hybridized carbons (Fsp3) is 0.167. The Labute approximate surface area is 74.2 Å². The highest BCUT2D eigenvalue weighted by molar-refractivity contribution is 5.73. The maximum absolute atomic E-state index is 3.99. The average molecular weight is 158 g/mol. The number of hydrogen-bond donors (Lipinski definition) is 0. The highest BCUT2D eigenvalue weighted by atomic mass is 14.0. The molecule has 12 heavy (non-hydrogen) atoms. The summed E-state index contributed by atoms with van der Waals surface area (Å²) in [5.41, 5.74) is 3.59. The molecule has 0 aliphatic carbocycles. The van der Waals surface area contributed by atoms with Gasteiger partial charge in [0.05, 0.1) is 0 Å². The van der Waals surface area contributed by atoms with Crippen LogP contribution in [0.1, 0.15) is 18.1 Å². The molecule has 0 nitrogen and oxygen atoms in total. The van der Waals surface area contributed by atoms with E-state index in [4.69, 9.17) is 0 Å². The Morgan fingerprint density at radius 3 is 2.58 bits per heavy atom. The molecular weight excluding hydrogens is 144 g/mol. The summed E-state index contributed by atoms with van der Waals surface area (Å²) in [7, 11) is 0. The van der Waals surface area contributed by atoms with E-state index in [9.17, 15) is 0 Å². The van der Waals surface area contributed by atoms with Crippen LogP contribution in [0.5, 0.6) is 0 Å². The summed E-state index contributed by atoms with van der Waals surface area (Å²) in [5, 5.41) is 0. The third-order valence-electron chi connectivity index (χ3n) is 1.86. The van der Waals surface area contributed by atoms with Gasteiger partial charge in [-0.3, -0.25) is 0 Å². The molecule has 0 atom stereocenters. The van der Waals surface area contributed by atoms with E-state index in [1.807, 2.05) is 31.2 Å². The lowest BCUT2D eigenvalue weighted by atomic mass is 10.0. The molecule has 1 aromatic rings. The molecule has 0 unspecified atom stereocenters. The van der Waals surface area contributed by atoms with Gasteiger partial charge in [-0.25, -0.2) is 0 Å². The molecule has 0 amide bonds. The summed E-state index contributed by atoms with van der Waals surface area (Å²) in [6.45, 7) is 8.09. The molecular formula is C12H14. The van der Waals surface area contributed by atoms with Crippen molar-refractivity contribution < 1.29 is 0 Å². The van der Waals surface area contributed by atoms with Crippen LogP contribution in [0.3, 0.4) is 0 Å². The van der Waals surface area contributed by atoms with Crippen molar-refractivity contribution in [3.8, 4) is 0 Å². The smallest absolute Gasteiger partial charge is 0.0161 e. The molecule has 0 radical (unpaired) electrons. The van der Waals surface area contributed by atoms with E-state index >= 15 is 0 Å². The monoisotopic (exact) mass is 158 g/mol. The van der Waals surface area contributed by atoms with Crippen molar-refractivity contribution in [2.75, 3.05) is 0 Å². The van der Waals surface area contributed by atoms with Crippen LogP contribution in [0.15, 0.2) is 43.0 Å². The van der Waals surface area contributed by atoms with E-state index < -0.39 is 0 Å². The first kappa shape index (κ1) is 8.79. The molecule has 0 saturated carbocycles. The van der Waals surface area contributed by atoms with Gasteiger partial charge >= 0.3 is 0 Å². The standard InChI is InChI=1S/C12H14/c1-4-7-10(2)12-9-6-5-8-11(12)3/h4-9H,2H2,1,3H3/b7-4-. The van der Waals surface area contributed by atoms with Gasteiger partial charge in [-0.1, -0.05) is 43.0 Å². The normalized spacial score (nSPS) is 10.5. The van der Waals surface area contributed by atoms with Gasteiger partial charge in [-0.2, -0.15) is 0 Å². The van der Waals surface area contributed by atoms with Crippen molar-refractivity contribution in [1.29, 1.82) is 0 Å². The van der Waals surface area contributed by atoms with Gasteiger partial charge < -0.3 is 0 Å². The Kier molecular flexibility index (Phi) is 2.87. The van der Waals surface area contributed by atoms with Gasteiger partial charge in [-0.15, -0.1) is 0 Å². The van der Waals surface area contributed by atoms with Crippen molar-refractivity contribution in [3.63, 3.8) is 0 Å².